The van der Waals surface area contributed by atoms with Gasteiger partial charge in [-0.15, -0.1) is 11.3 Å². The van der Waals surface area contributed by atoms with E-state index in [1.54, 1.807) is 0 Å². The topological polar surface area (TPSA) is 44.4 Å². The summed E-state index contributed by atoms with van der Waals surface area (Å²) in [4.78, 5) is 15.8. The molecule has 5 heteroatoms. The summed E-state index contributed by atoms with van der Waals surface area (Å²) in [5.74, 6) is 1.34. The number of piperidine rings is 1. The van der Waals surface area contributed by atoms with E-state index >= 15 is 0 Å². The molecule has 122 valence electrons. The minimum atomic E-state index is 0.0143. The second-order valence-electron chi connectivity index (χ2n) is 6.78. The maximum absolute atomic E-state index is 11.9. The Labute approximate surface area is 137 Å². The summed E-state index contributed by atoms with van der Waals surface area (Å²) in [6, 6.07) is 4.68. The first-order valence-corrected chi connectivity index (χ1v) is 9.38. The number of likely N-dealkylation sites (tertiary alicyclic amines) is 1. The van der Waals surface area contributed by atoms with E-state index in [0.29, 0.717) is 17.9 Å². The van der Waals surface area contributed by atoms with Crippen LogP contribution in [0, 0.1) is 11.8 Å². The summed E-state index contributed by atoms with van der Waals surface area (Å²) in [6.45, 7) is 6.29. The van der Waals surface area contributed by atoms with Crippen LogP contribution in [0.3, 0.4) is 0 Å². The van der Waals surface area contributed by atoms with Gasteiger partial charge in [0.1, 0.15) is 0 Å². The number of amides is 2. The van der Waals surface area contributed by atoms with Crippen molar-refractivity contribution in [3.05, 3.63) is 22.4 Å². The first-order valence-electron chi connectivity index (χ1n) is 8.50. The van der Waals surface area contributed by atoms with Gasteiger partial charge in [0.05, 0.1) is 0 Å². The first-order chi connectivity index (χ1) is 10.7. The molecular formula is C17H27N3OS. The Morgan fingerprint density at radius 3 is 2.77 bits per heavy atom. The smallest absolute Gasteiger partial charge is 0.315 e. The molecule has 2 heterocycles. The molecule has 2 N–H and O–H groups in total. The number of hydrogen-bond acceptors (Lipinski definition) is 3. The van der Waals surface area contributed by atoms with Crippen molar-refractivity contribution in [2.45, 2.75) is 45.2 Å². The lowest BCUT2D eigenvalue weighted by Crippen LogP contribution is -2.44. The van der Waals surface area contributed by atoms with Crippen LogP contribution in [0.15, 0.2) is 17.5 Å². The first kappa shape index (κ1) is 15.8. The van der Waals surface area contributed by atoms with E-state index < -0.39 is 0 Å². The molecule has 22 heavy (non-hydrogen) atoms. The quantitative estimate of drug-likeness (QED) is 0.846. The minimum absolute atomic E-state index is 0.0143. The molecule has 0 bridgehead atoms. The largest absolute Gasteiger partial charge is 0.338 e. The molecule has 1 aliphatic carbocycles. The van der Waals surface area contributed by atoms with Crippen LogP contribution >= 0.6 is 11.3 Å². The van der Waals surface area contributed by atoms with Crippen molar-refractivity contribution < 1.29 is 4.79 Å². The van der Waals surface area contributed by atoms with Crippen molar-refractivity contribution in [2.75, 3.05) is 19.6 Å². The molecule has 0 radical (unpaired) electrons. The molecule has 1 atom stereocenters. The molecule has 2 aliphatic rings. The van der Waals surface area contributed by atoms with Crippen molar-refractivity contribution in [2.24, 2.45) is 11.8 Å². The second-order valence-corrected chi connectivity index (χ2v) is 7.81. The molecular weight excluding hydrogens is 294 g/mol. The molecule has 1 aromatic heterocycles. The van der Waals surface area contributed by atoms with Gasteiger partial charge in [-0.1, -0.05) is 6.07 Å². The molecule has 1 saturated heterocycles. The number of urea groups is 1. The monoisotopic (exact) mass is 321 g/mol. The Morgan fingerprint density at radius 2 is 2.14 bits per heavy atom. The zero-order valence-corrected chi connectivity index (χ0v) is 14.2. The number of hydrogen-bond donors (Lipinski definition) is 2. The predicted octanol–water partition coefficient (Wildman–Crippen LogP) is 3.06. The van der Waals surface area contributed by atoms with Crippen molar-refractivity contribution in [1.29, 1.82) is 0 Å². The third-order valence-corrected chi connectivity index (χ3v) is 5.77. The van der Waals surface area contributed by atoms with Crippen LogP contribution in [0.1, 0.15) is 37.5 Å². The fraction of sp³-hybridized carbons (Fsp3) is 0.706. The molecule has 2 fully saturated rings. The van der Waals surface area contributed by atoms with Gasteiger partial charge in [0.2, 0.25) is 0 Å². The highest BCUT2D eigenvalue weighted by molar-refractivity contribution is 7.09. The molecule has 3 rings (SSSR count). The van der Waals surface area contributed by atoms with Gasteiger partial charge in [-0.2, -0.15) is 0 Å². The van der Waals surface area contributed by atoms with E-state index in [1.807, 2.05) is 11.3 Å². The highest BCUT2D eigenvalue weighted by atomic mass is 32.1. The number of carbonyl (C=O) groups is 1. The molecule has 1 unspecified atom stereocenters. The maximum Gasteiger partial charge on any atom is 0.315 e. The Balaban J connectivity index is 1.30. The van der Waals surface area contributed by atoms with Gasteiger partial charge in [0, 0.05) is 24.0 Å². The van der Waals surface area contributed by atoms with E-state index in [-0.39, 0.29) is 6.03 Å². The van der Waals surface area contributed by atoms with E-state index in [4.69, 9.17) is 0 Å². The lowest BCUT2D eigenvalue weighted by Gasteiger charge is -2.31. The highest BCUT2D eigenvalue weighted by Gasteiger charge is 2.29. The number of rotatable bonds is 6. The van der Waals surface area contributed by atoms with Crippen LogP contribution in [-0.2, 0) is 6.54 Å². The number of nitrogens with one attached hydrogen (secondary N) is 2. The van der Waals surface area contributed by atoms with Crippen LogP contribution in [0.4, 0.5) is 4.79 Å². The van der Waals surface area contributed by atoms with Crippen LogP contribution in [0.2, 0.25) is 0 Å². The van der Waals surface area contributed by atoms with Gasteiger partial charge in [-0.3, -0.25) is 4.90 Å². The fourth-order valence-corrected chi connectivity index (χ4v) is 3.93. The van der Waals surface area contributed by atoms with Crippen LogP contribution in [-0.4, -0.2) is 36.6 Å². The van der Waals surface area contributed by atoms with E-state index in [2.05, 4.69) is 40.0 Å². The van der Waals surface area contributed by atoms with Gasteiger partial charge in [0.25, 0.3) is 0 Å². The van der Waals surface area contributed by atoms with Crippen molar-refractivity contribution in [1.82, 2.24) is 15.5 Å². The molecule has 0 spiro atoms. The lowest BCUT2D eigenvalue weighted by molar-refractivity contribution is 0.175. The Hall–Kier alpha value is -1.07. The normalized spacial score (nSPS) is 21.5. The average molecular weight is 321 g/mol. The summed E-state index contributed by atoms with van der Waals surface area (Å²) in [7, 11) is 0. The SMILES string of the molecule is CC(NC(=O)NCC1CCN(Cc2cccs2)CC1)C1CC1. The molecule has 1 aliphatic heterocycles. The second kappa shape index (κ2) is 7.47. The van der Waals surface area contributed by atoms with Crippen molar-refractivity contribution in [3.63, 3.8) is 0 Å². The summed E-state index contributed by atoms with van der Waals surface area (Å²) < 4.78 is 0. The molecule has 1 saturated carbocycles. The zero-order valence-electron chi connectivity index (χ0n) is 13.4. The number of thiophene rings is 1. The third-order valence-electron chi connectivity index (χ3n) is 4.91. The molecule has 0 aromatic carbocycles. The van der Waals surface area contributed by atoms with Crippen LogP contribution < -0.4 is 10.6 Å². The van der Waals surface area contributed by atoms with E-state index in [9.17, 15) is 4.79 Å². The Bertz CT molecular complexity index is 464. The van der Waals surface area contributed by atoms with Gasteiger partial charge in [-0.05, 0) is 69.0 Å². The van der Waals surface area contributed by atoms with Gasteiger partial charge >= 0.3 is 6.03 Å². The maximum atomic E-state index is 11.9. The highest BCUT2D eigenvalue weighted by Crippen LogP contribution is 2.32. The predicted molar refractivity (Wildman–Crippen MR) is 91.0 cm³/mol. The van der Waals surface area contributed by atoms with Crippen LogP contribution in [0.5, 0.6) is 0 Å². The van der Waals surface area contributed by atoms with Gasteiger partial charge in [0.15, 0.2) is 0 Å². The molecule has 4 nitrogen and oxygen atoms in total. The minimum Gasteiger partial charge on any atom is -0.338 e. The fourth-order valence-electron chi connectivity index (χ4n) is 3.18. The van der Waals surface area contributed by atoms with Crippen molar-refractivity contribution >= 4 is 17.4 Å². The third kappa shape index (κ3) is 4.71. The Morgan fingerprint density at radius 1 is 1.36 bits per heavy atom. The standard InChI is InChI=1S/C17H27N3OS/c1-13(15-4-5-15)19-17(21)18-11-14-6-8-20(9-7-14)12-16-3-2-10-22-16/h2-3,10,13-15H,4-9,11-12H2,1H3,(H2,18,19,21). The van der Waals surface area contributed by atoms with E-state index in [0.717, 1.165) is 26.2 Å². The summed E-state index contributed by atoms with van der Waals surface area (Å²) in [6.07, 6.45) is 4.90. The summed E-state index contributed by atoms with van der Waals surface area (Å²) in [5, 5.41) is 8.27. The van der Waals surface area contributed by atoms with Gasteiger partial charge < -0.3 is 10.6 Å². The summed E-state index contributed by atoms with van der Waals surface area (Å²) in [5.41, 5.74) is 0. The van der Waals surface area contributed by atoms with E-state index in [1.165, 1.54) is 30.6 Å². The summed E-state index contributed by atoms with van der Waals surface area (Å²) >= 11 is 1.84. The zero-order chi connectivity index (χ0) is 15.4. The lowest BCUT2D eigenvalue weighted by atomic mass is 9.97. The Kier molecular flexibility index (Phi) is 5.37. The average Bonchev–Trinajstić information content (AvgIpc) is 3.25. The number of carbonyl (C=O) groups excluding carboxylic acids is 1. The molecule has 2 amide bonds. The number of nitrogens with zero attached hydrogens (tertiary/aromatic N) is 1. The van der Waals surface area contributed by atoms with Crippen LogP contribution in [0.25, 0.3) is 0 Å². The van der Waals surface area contributed by atoms with Crippen molar-refractivity contribution in [3.8, 4) is 0 Å². The van der Waals surface area contributed by atoms with Gasteiger partial charge in [-0.25, -0.2) is 4.79 Å². The molecule has 1 aromatic rings.